The van der Waals surface area contributed by atoms with Gasteiger partial charge >= 0.3 is 0 Å². The van der Waals surface area contributed by atoms with E-state index >= 15 is 0 Å². The van der Waals surface area contributed by atoms with Crippen LogP contribution in [0.3, 0.4) is 0 Å². The number of aryl methyl sites for hydroxylation is 1. The first-order valence-electron chi connectivity index (χ1n) is 10.7. The van der Waals surface area contributed by atoms with E-state index in [0.717, 1.165) is 47.6 Å². The molecule has 33 heavy (non-hydrogen) atoms. The molecule has 0 saturated carbocycles. The standard InChI is InChI=1S/C25H25ClN4O2S/c1-18-17-27-23(16-19-2-6-21(7-3-19)30-12-14-32-15-13-30)29-25(18)33-22-8-4-20(5-9-22)28-24(31)10-11-26/h2-11,17H,12-16H2,1H3,(H,28,31)/b11-10+. The molecule has 170 valence electrons. The van der Waals surface area contributed by atoms with Crippen molar-refractivity contribution >= 4 is 40.6 Å². The molecular formula is C25H25ClN4O2S. The third-order valence-electron chi connectivity index (χ3n) is 5.20. The zero-order valence-electron chi connectivity index (χ0n) is 18.3. The number of carbonyl (C=O) groups excluding carboxylic acids is 1. The molecule has 1 aromatic heterocycles. The van der Waals surface area contributed by atoms with Crippen molar-refractivity contribution in [2.75, 3.05) is 36.5 Å². The van der Waals surface area contributed by atoms with Gasteiger partial charge in [0.2, 0.25) is 5.91 Å². The molecule has 2 aromatic carbocycles. The SMILES string of the molecule is Cc1cnc(Cc2ccc(N3CCOCC3)cc2)nc1Sc1ccc(NC(=O)/C=C/Cl)cc1. The van der Waals surface area contributed by atoms with Crippen molar-refractivity contribution in [2.24, 2.45) is 0 Å². The van der Waals surface area contributed by atoms with Gasteiger partial charge in [-0.3, -0.25) is 4.79 Å². The van der Waals surface area contributed by atoms with Crippen LogP contribution in [0.25, 0.3) is 0 Å². The fraction of sp³-hybridized carbons (Fsp3) is 0.240. The van der Waals surface area contributed by atoms with Crippen LogP contribution < -0.4 is 10.2 Å². The minimum Gasteiger partial charge on any atom is -0.378 e. The molecule has 0 spiro atoms. The number of ether oxygens (including phenoxy) is 1. The lowest BCUT2D eigenvalue weighted by molar-refractivity contribution is -0.111. The number of nitrogens with zero attached hydrogens (tertiary/aromatic N) is 3. The van der Waals surface area contributed by atoms with Crippen molar-refractivity contribution in [3.05, 3.63) is 83.3 Å². The highest BCUT2D eigenvalue weighted by molar-refractivity contribution is 7.99. The lowest BCUT2D eigenvalue weighted by Gasteiger charge is -2.28. The smallest absolute Gasteiger partial charge is 0.249 e. The first-order valence-corrected chi connectivity index (χ1v) is 12.0. The normalized spacial score (nSPS) is 13.9. The summed E-state index contributed by atoms with van der Waals surface area (Å²) in [6, 6.07) is 16.2. The molecule has 6 nitrogen and oxygen atoms in total. The molecule has 1 amide bonds. The van der Waals surface area contributed by atoms with Gasteiger partial charge in [0, 0.05) is 53.6 Å². The minimum atomic E-state index is -0.264. The van der Waals surface area contributed by atoms with Crippen molar-refractivity contribution in [1.29, 1.82) is 0 Å². The average Bonchev–Trinajstić information content (AvgIpc) is 2.84. The fourth-order valence-corrected chi connectivity index (χ4v) is 4.41. The maximum Gasteiger partial charge on any atom is 0.249 e. The van der Waals surface area contributed by atoms with Crippen LogP contribution in [-0.2, 0) is 16.0 Å². The van der Waals surface area contributed by atoms with E-state index in [0.29, 0.717) is 12.1 Å². The Hall–Kier alpha value is -2.87. The van der Waals surface area contributed by atoms with Gasteiger partial charge in [0.05, 0.1) is 13.2 Å². The number of rotatable bonds is 7. The molecule has 4 rings (SSSR count). The van der Waals surface area contributed by atoms with E-state index < -0.39 is 0 Å². The first kappa shape index (κ1) is 23.3. The van der Waals surface area contributed by atoms with Crippen molar-refractivity contribution < 1.29 is 9.53 Å². The largest absolute Gasteiger partial charge is 0.378 e. The zero-order valence-corrected chi connectivity index (χ0v) is 19.9. The maximum absolute atomic E-state index is 11.6. The second-order valence-electron chi connectivity index (χ2n) is 7.63. The van der Waals surface area contributed by atoms with Crippen LogP contribution in [-0.4, -0.2) is 42.2 Å². The number of hydrogen-bond donors (Lipinski definition) is 1. The number of anilines is 2. The van der Waals surface area contributed by atoms with Gasteiger partial charge in [0.1, 0.15) is 10.9 Å². The molecule has 1 saturated heterocycles. The van der Waals surface area contributed by atoms with Gasteiger partial charge in [0.15, 0.2) is 0 Å². The second-order valence-corrected chi connectivity index (χ2v) is 8.94. The van der Waals surface area contributed by atoms with Crippen molar-refractivity contribution in [1.82, 2.24) is 9.97 Å². The quantitative estimate of drug-likeness (QED) is 0.377. The van der Waals surface area contributed by atoms with Crippen molar-refractivity contribution in [3.63, 3.8) is 0 Å². The Kier molecular flexibility index (Phi) is 7.99. The van der Waals surface area contributed by atoms with Crippen LogP contribution in [0, 0.1) is 6.92 Å². The highest BCUT2D eigenvalue weighted by atomic mass is 35.5. The molecule has 3 aromatic rings. The number of amides is 1. The summed E-state index contributed by atoms with van der Waals surface area (Å²) >= 11 is 7.01. The Bertz CT molecular complexity index is 1110. The van der Waals surface area contributed by atoms with Crippen LogP contribution in [0.2, 0.25) is 0 Å². The topological polar surface area (TPSA) is 67.3 Å². The average molecular weight is 481 g/mol. The Balaban J connectivity index is 1.41. The summed E-state index contributed by atoms with van der Waals surface area (Å²) in [7, 11) is 0. The number of halogens is 1. The summed E-state index contributed by atoms with van der Waals surface area (Å²) in [6.45, 7) is 5.43. The van der Waals surface area contributed by atoms with E-state index in [9.17, 15) is 4.79 Å². The highest BCUT2D eigenvalue weighted by Crippen LogP contribution is 2.29. The molecule has 1 aliphatic heterocycles. The highest BCUT2D eigenvalue weighted by Gasteiger charge is 2.12. The third-order valence-corrected chi connectivity index (χ3v) is 6.44. The van der Waals surface area contributed by atoms with E-state index in [1.165, 1.54) is 22.9 Å². The molecule has 0 bridgehead atoms. The predicted octanol–water partition coefficient (Wildman–Crippen LogP) is 5.05. The summed E-state index contributed by atoms with van der Waals surface area (Å²) in [5, 5.41) is 3.68. The molecule has 0 atom stereocenters. The lowest BCUT2D eigenvalue weighted by atomic mass is 10.1. The molecule has 1 aliphatic rings. The molecule has 1 fully saturated rings. The number of benzene rings is 2. The van der Waals surface area contributed by atoms with E-state index in [1.54, 1.807) is 11.8 Å². The number of nitrogens with one attached hydrogen (secondary N) is 1. The second kappa shape index (κ2) is 11.3. The van der Waals surface area contributed by atoms with Gasteiger partial charge in [-0.15, -0.1) is 0 Å². The van der Waals surface area contributed by atoms with Crippen LogP contribution in [0.5, 0.6) is 0 Å². The van der Waals surface area contributed by atoms with Crippen LogP contribution in [0.15, 0.2) is 76.3 Å². The van der Waals surface area contributed by atoms with Gasteiger partial charge in [-0.25, -0.2) is 9.97 Å². The Labute approximate surface area is 203 Å². The lowest BCUT2D eigenvalue weighted by Crippen LogP contribution is -2.36. The summed E-state index contributed by atoms with van der Waals surface area (Å²) in [5.74, 6) is 0.527. The molecule has 8 heteroatoms. The van der Waals surface area contributed by atoms with Gasteiger partial charge in [-0.1, -0.05) is 35.5 Å². The predicted molar refractivity (Wildman–Crippen MR) is 133 cm³/mol. The minimum absolute atomic E-state index is 0.264. The summed E-state index contributed by atoms with van der Waals surface area (Å²) in [5.41, 5.74) is 5.32. The maximum atomic E-state index is 11.6. The van der Waals surface area contributed by atoms with Crippen LogP contribution >= 0.6 is 23.4 Å². The van der Waals surface area contributed by atoms with Gasteiger partial charge in [-0.05, 0) is 54.4 Å². The Morgan fingerprint density at radius 2 is 1.88 bits per heavy atom. The van der Waals surface area contributed by atoms with Crippen molar-refractivity contribution in [2.45, 2.75) is 23.3 Å². The Morgan fingerprint density at radius 1 is 1.15 bits per heavy atom. The van der Waals surface area contributed by atoms with Crippen LogP contribution in [0.4, 0.5) is 11.4 Å². The summed E-state index contributed by atoms with van der Waals surface area (Å²) in [4.78, 5) is 24.3. The molecular weight excluding hydrogens is 456 g/mol. The molecule has 0 aliphatic carbocycles. The zero-order chi connectivity index (χ0) is 23.0. The van der Waals surface area contributed by atoms with Gasteiger partial charge in [0.25, 0.3) is 0 Å². The van der Waals surface area contributed by atoms with E-state index in [2.05, 4.69) is 39.5 Å². The molecule has 1 N–H and O–H groups in total. The monoisotopic (exact) mass is 480 g/mol. The summed E-state index contributed by atoms with van der Waals surface area (Å²) in [6.07, 6.45) is 3.82. The van der Waals surface area contributed by atoms with Gasteiger partial charge in [-0.2, -0.15) is 0 Å². The van der Waals surface area contributed by atoms with Crippen molar-refractivity contribution in [3.8, 4) is 0 Å². The fourth-order valence-electron chi connectivity index (χ4n) is 3.44. The van der Waals surface area contributed by atoms with E-state index in [-0.39, 0.29) is 5.91 Å². The molecule has 0 unspecified atom stereocenters. The van der Waals surface area contributed by atoms with Gasteiger partial charge < -0.3 is 15.0 Å². The molecule has 2 heterocycles. The number of carbonyl (C=O) groups is 1. The first-order chi connectivity index (χ1) is 16.1. The number of morpholine rings is 1. The molecule has 0 radical (unpaired) electrons. The number of aromatic nitrogens is 2. The van der Waals surface area contributed by atoms with E-state index in [1.807, 2.05) is 37.4 Å². The summed E-state index contributed by atoms with van der Waals surface area (Å²) < 4.78 is 5.43. The third kappa shape index (κ3) is 6.57. The van der Waals surface area contributed by atoms with E-state index in [4.69, 9.17) is 21.3 Å². The number of hydrogen-bond acceptors (Lipinski definition) is 6. The Morgan fingerprint density at radius 3 is 2.58 bits per heavy atom. The van der Waals surface area contributed by atoms with Crippen LogP contribution in [0.1, 0.15) is 17.0 Å².